The van der Waals surface area contributed by atoms with Crippen LogP contribution < -0.4 is 19.9 Å². The van der Waals surface area contributed by atoms with E-state index in [9.17, 15) is 4.79 Å². The second-order valence-corrected chi connectivity index (χ2v) is 7.98. The molecule has 2 aliphatic rings. The number of benzene rings is 1. The van der Waals surface area contributed by atoms with Crippen molar-refractivity contribution in [3.63, 3.8) is 0 Å². The minimum absolute atomic E-state index is 0.0286. The number of amides is 1. The molecule has 1 aromatic carbocycles. The number of hydrogen-bond donors (Lipinski definition) is 1. The zero-order chi connectivity index (χ0) is 20.1. The van der Waals surface area contributed by atoms with E-state index in [1.807, 2.05) is 4.90 Å². The molecular weight excluding hydrogens is 358 g/mol. The standard InChI is InChI=1S/C21H33N3O4/c1-23-9-5-21(6-10-23)7-11-24(15-21)20(25)16-13-17(26-2)19(18(14-16)27-3)28-12-4-8-22/h13-14H,4-12,15,22H2,1-3H3. The fourth-order valence-electron chi connectivity index (χ4n) is 4.20. The van der Waals surface area contributed by atoms with Crippen LogP contribution in [0.25, 0.3) is 0 Å². The molecular formula is C21H33N3O4. The Kier molecular flexibility index (Phi) is 6.67. The lowest BCUT2D eigenvalue weighted by molar-refractivity contribution is 0.0736. The molecule has 0 aromatic heterocycles. The zero-order valence-corrected chi connectivity index (χ0v) is 17.3. The lowest BCUT2D eigenvalue weighted by Crippen LogP contribution is -2.40. The molecule has 156 valence electrons. The number of ether oxygens (including phenoxy) is 3. The van der Waals surface area contributed by atoms with Gasteiger partial charge in [0.25, 0.3) is 5.91 Å². The van der Waals surface area contributed by atoms with Gasteiger partial charge in [0.1, 0.15) is 0 Å². The van der Waals surface area contributed by atoms with Crippen molar-refractivity contribution in [2.45, 2.75) is 25.7 Å². The first-order valence-corrected chi connectivity index (χ1v) is 10.1. The summed E-state index contributed by atoms with van der Waals surface area (Å²) < 4.78 is 16.8. The predicted octanol–water partition coefficient (Wildman–Crippen LogP) is 1.99. The third-order valence-corrected chi connectivity index (χ3v) is 6.08. The normalized spacial score (nSPS) is 19.1. The smallest absolute Gasteiger partial charge is 0.254 e. The number of likely N-dealkylation sites (tertiary alicyclic amines) is 2. The summed E-state index contributed by atoms with van der Waals surface area (Å²) in [5, 5.41) is 0. The molecule has 0 atom stereocenters. The van der Waals surface area contributed by atoms with E-state index < -0.39 is 0 Å². The molecule has 0 unspecified atom stereocenters. The van der Waals surface area contributed by atoms with E-state index >= 15 is 0 Å². The van der Waals surface area contributed by atoms with Gasteiger partial charge in [-0.3, -0.25) is 4.79 Å². The van der Waals surface area contributed by atoms with Gasteiger partial charge in [0, 0.05) is 18.7 Å². The Balaban J connectivity index is 1.76. The molecule has 1 amide bonds. The molecule has 2 aliphatic heterocycles. The van der Waals surface area contributed by atoms with Gasteiger partial charge in [0.15, 0.2) is 11.5 Å². The average Bonchev–Trinajstić information content (AvgIpc) is 3.13. The molecule has 7 nitrogen and oxygen atoms in total. The Morgan fingerprint density at radius 3 is 2.29 bits per heavy atom. The molecule has 1 aromatic rings. The van der Waals surface area contributed by atoms with Crippen molar-refractivity contribution in [2.24, 2.45) is 11.1 Å². The van der Waals surface area contributed by atoms with Crippen LogP contribution in [0, 0.1) is 5.41 Å². The van der Waals surface area contributed by atoms with Gasteiger partial charge in [-0.15, -0.1) is 0 Å². The number of piperidine rings is 1. The van der Waals surface area contributed by atoms with E-state index in [0.717, 1.165) is 51.9 Å². The lowest BCUT2D eigenvalue weighted by Gasteiger charge is -2.37. The van der Waals surface area contributed by atoms with Gasteiger partial charge in [-0.25, -0.2) is 0 Å². The van der Waals surface area contributed by atoms with E-state index in [1.165, 1.54) is 0 Å². The summed E-state index contributed by atoms with van der Waals surface area (Å²) in [4.78, 5) is 17.5. The third-order valence-electron chi connectivity index (χ3n) is 6.08. The minimum Gasteiger partial charge on any atom is -0.493 e. The summed E-state index contributed by atoms with van der Waals surface area (Å²) in [5.41, 5.74) is 6.39. The maximum atomic E-state index is 13.2. The highest BCUT2D eigenvalue weighted by Crippen LogP contribution is 2.42. The summed E-state index contributed by atoms with van der Waals surface area (Å²) in [7, 11) is 5.31. The first kappa shape index (κ1) is 20.7. The molecule has 1 spiro atoms. The topological polar surface area (TPSA) is 77.3 Å². The maximum Gasteiger partial charge on any atom is 0.254 e. The van der Waals surface area contributed by atoms with Crippen LogP contribution in [0.4, 0.5) is 0 Å². The van der Waals surface area contributed by atoms with Crippen molar-refractivity contribution in [1.82, 2.24) is 9.80 Å². The van der Waals surface area contributed by atoms with E-state index in [2.05, 4.69) is 11.9 Å². The molecule has 2 heterocycles. The second-order valence-electron chi connectivity index (χ2n) is 7.98. The highest BCUT2D eigenvalue weighted by atomic mass is 16.5. The van der Waals surface area contributed by atoms with Gasteiger partial charge in [0.05, 0.1) is 20.8 Å². The molecule has 28 heavy (non-hydrogen) atoms. The highest BCUT2D eigenvalue weighted by Gasteiger charge is 2.41. The summed E-state index contributed by atoms with van der Waals surface area (Å²) in [6.45, 7) is 4.88. The summed E-state index contributed by atoms with van der Waals surface area (Å²) in [5.74, 6) is 1.56. The molecule has 7 heteroatoms. The van der Waals surface area contributed by atoms with Crippen LogP contribution in [0.5, 0.6) is 17.2 Å². The van der Waals surface area contributed by atoms with Crippen LogP contribution >= 0.6 is 0 Å². The minimum atomic E-state index is 0.0286. The van der Waals surface area contributed by atoms with Gasteiger partial charge in [0.2, 0.25) is 5.75 Å². The van der Waals surface area contributed by atoms with Crippen molar-refractivity contribution in [1.29, 1.82) is 0 Å². The Labute approximate surface area is 167 Å². The number of carbonyl (C=O) groups excluding carboxylic acids is 1. The predicted molar refractivity (Wildman–Crippen MR) is 108 cm³/mol. The molecule has 2 saturated heterocycles. The Morgan fingerprint density at radius 1 is 1.11 bits per heavy atom. The molecule has 2 fully saturated rings. The van der Waals surface area contributed by atoms with Gasteiger partial charge in [-0.2, -0.15) is 0 Å². The Bertz CT molecular complexity index is 661. The molecule has 0 aliphatic carbocycles. The fourth-order valence-corrected chi connectivity index (χ4v) is 4.20. The summed E-state index contributed by atoms with van der Waals surface area (Å²) >= 11 is 0. The van der Waals surface area contributed by atoms with E-state index in [1.54, 1.807) is 26.4 Å². The van der Waals surface area contributed by atoms with Crippen molar-refractivity contribution in [3.05, 3.63) is 17.7 Å². The highest BCUT2D eigenvalue weighted by molar-refractivity contribution is 5.96. The van der Waals surface area contributed by atoms with Crippen molar-refractivity contribution < 1.29 is 19.0 Å². The third kappa shape index (κ3) is 4.36. The van der Waals surface area contributed by atoms with Crippen molar-refractivity contribution in [3.8, 4) is 17.2 Å². The van der Waals surface area contributed by atoms with Crippen LogP contribution in [0.2, 0.25) is 0 Å². The van der Waals surface area contributed by atoms with E-state index in [4.69, 9.17) is 19.9 Å². The van der Waals surface area contributed by atoms with Crippen LogP contribution in [0.3, 0.4) is 0 Å². The number of carbonyl (C=O) groups is 1. The van der Waals surface area contributed by atoms with E-state index in [-0.39, 0.29) is 11.3 Å². The maximum absolute atomic E-state index is 13.2. The number of nitrogens with zero attached hydrogens (tertiary/aromatic N) is 2. The SMILES string of the molecule is COc1cc(C(=O)N2CCC3(CCN(C)CC3)C2)cc(OC)c1OCCCN. The average molecular weight is 392 g/mol. The molecule has 0 radical (unpaired) electrons. The number of nitrogens with two attached hydrogens (primary N) is 1. The van der Waals surface area contributed by atoms with Crippen LogP contribution in [-0.4, -0.2) is 76.3 Å². The van der Waals surface area contributed by atoms with Crippen LogP contribution in [-0.2, 0) is 0 Å². The van der Waals surface area contributed by atoms with Gasteiger partial charge >= 0.3 is 0 Å². The second kappa shape index (κ2) is 9.01. The quantitative estimate of drug-likeness (QED) is 0.717. The van der Waals surface area contributed by atoms with Gasteiger partial charge in [-0.1, -0.05) is 0 Å². The first-order valence-electron chi connectivity index (χ1n) is 10.1. The Hall–Kier alpha value is -1.99. The largest absolute Gasteiger partial charge is 0.493 e. The summed E-state index contributed by atoms with van der Waals surface area (Å²) in [6.07, 6.45) is 4.14. The number of methoxy groups -OCH3 is 2. The Morgan fingerprint density at radius 2 is 1.71 bits per heavy atom. The molecule has 0 saturated carbocycles. The van der Waals surface area contributed by atoms with Crippen LogP contribution in [0.1, 0.15) is 36.0 Å². The summed E-state index contributed by atoms with van der Waals surface area (Å²) in [6, 6.07) is 3.50. The fraction of sp³-hybridized carbons (Fsp3) is 0.667. The molecule has 3 rings (SSSR count). The van der Waals surface area contributed by atoms with Crippen molar-refractivity contribution in [2.75, 3.05) is 60.6 Å². The van der Waals surface area contributed by atoms with Crippen molar-refractivity contribution >= 4 is 5.91 Å². The zero-order valence-electron chi connectivity index (χ0n) is 17.3. The molecule has 2 N–H and O–H groups in total. The van der Waals surface area contributed by atoms with E-state index in [0.29, 0.717) is 36.0 Å². The van der Waals surface area contributed by atoms with Gasteiger partial charge in [-0.05, 0) is 69.9 Å². The number of hydrogen-bond acceptors (Lipinski definition) is 6. The monoisotopic (exact) mass is 391 g/mol. The van der Waals surface area contributed by atoms with Gasteiger partial charge < -0.3 is 29.7 Å². The van der Waals surface area contributed by atoms with Crippen LogP contribution in [0.15, 0.2) is 12.1 Å². The molecule has 0 bridgehead atoms. The number of rotatable bonds is 7. The first-order chi connectivity index (χ1) is 13.5. The lowest BCUT2D eigenvalue weighted by atomic mass is 9.78.